The molecule has 0 aliphatic heterocycles. The molecule has 1 unspecified atom stereocenters. The van der Waals surface area contributed by atoms with Crippen molar-refractivity contribution in [3.05, 3.63) is 29.6 Å². The second-order valence-electron chi connectivity index (χ2n) is 5.57. The number of phenolic OH excluding ortho intramolecular Hbond substituents is 1. The second kappa shape index (κ2) is 5.57. The predicted octanol–water partition coefficient (Wildman–Crippen LogP) is 2.78. The fraction of sp³-hybridized carbons (Fsp3) is 0.500. The standard InChI is InChI=1S/C14H20FNO3/c1-9(11-6-5-10(15)7-12(11)17)16(8-13(18)19)14(2,3)4/h5-7,9,17H,8H2,1-4H3,(H,18,19). The van der Waals surface area contributed by atoms with Gasteiger partial charge in [0.2, 0.25) is 0 Å². The van der Waals surface area contributed by atoms with E-state index < -0.39 is 17.3 Å². The van der Waals surface area contributed by atoms with Gasteiger partial charge < -0.3 is 10.2 Å². The normalized spacial score (nSPS) is 13.6. The van der Waals surface area contributed by atoms with E-state index in [4.69, 9.17) is 5.11 Å². The maximum Gasteiger partial charge on any atom is 0.317 e. The van der Waals surface area contributed by atoms with Gasteiger partial charge in [0.15, 0.2) is 0 Å². The SMILES string of the molecule is CC(c1ccc(F)cc1O)N(CC(=O)O)C(C)(C)C. The van der Waals surface area contributed by atoms with E-state index in [1.165, 1.54) is 12.1 Å². The monoisotopic (exact) mass is 269 g/mol. The van der Waals surface area contributed by atoms with Gasteiger partial charge in [0.1, 0.15) is 11.6 Å². The summed E-state index contributed by atoms with van der Waals surface area (Å²) in [5.41, 5.74) is 0.121. The molecule has 0 spiro atoms. The van der Waals surface area contributed by atoms with Gasteiger partial charge in [0.05, 0.1) is 6.54 Å². The Morgan fingerprint density at radius 3 is 2.42 bits per heavy atom. The number of benzene rings is 1. The molecule has 1 aromatic carbocycles. The van der Waals surface area contributed by atoms with Crippen LogP contribution in [-0.4, -0.2) is 33.2 Å². The number of phenols is 1. The van der Waals surface area contributed by atoms with E-state index >= 15 is 0 Å². The summed E-state index contributed by atoms with van der Waals surface area (Å²) < 4.78 is 13.0. The lowest BCUT2D eigenvalue weighted by atomic mass is 9.98. The number of carbonyl (C=O) groups is 1. The number of hydrogen-bond acceptors (Lipinski definition) is 3. The lowest BCUT2D eigenvalue weighted by Crippen LogP contribution is -2.45. The molecule has 0 aliphatic carbocycles. The van der Waals surface area contributed by atoms with Gasteiger partial charge >= 0.3 is 5.97 Å². The molecule has 5 heteroatoms. The summed E-state index contributed by atoms with van der Waals surface area (Å²) in [4.78, 5) is 12.7. The summed E-state index contributed by atoms with van der Waals surface area (Å²) >= 11 is 0. The molecule has 0 saturated carbocycles. The molecule has 0 amide bonds. The van der Waals surface area contributed by atoms with E-state index in [2.05, 4.69) is 0 Å². The molecule has 2 N–H and O–H groups in total. The zero-order valence-electron chi connectivity index (χ0n) is 11.6. The van der Waals surface area contributed by atoms with Gasteiger partial charge in [-0.15, -0.1) is 0 Å². The third-order valence-corrected chi connectivity index (χ3v) is 3.08. The summed E-state index contributed by atoms with van der Waals surface area (Å²) in [5.74, 6) is -1.62. The maximum absolute atomic E-state index is 13.0. The van der Waals surface area contributed by atoms with Gasteiger partial charge in [-0.05, 0) is 33.8 Å². The molecular weight excluding hydrogens is 249 g/mol. The van der Waals surface area contributed by atoms with Crippen LogP contribution in [0.5, 0.6) is 5.75 Å². The van der Waals surface area contributed by atoms with Crippen LogP contribution in [0, 0.1) is 5.82 Å². The number of rotatable bonds is 4. The quantitative estimate of drug-likeness (QED) is 0.882. The Hall–Kier alpha value is -1.62. The number of aliphatic carboxylic acids is 1. The van der Waals surface area contributed by atoms with Crippen molar-refractivity contribution in [3.63, 3.8) is 0 Å². The van der Waals surface area contributed by atoms with Crippen molar-refractivity contribution in [2.45, 2.75) is 39.3 Å². The third kappa shape index (κ3) is 3.92. The number of halogens is 1. The Labute approximate surface area is 112 Å². The molecule has 1 aromatic rings. The highest BCUT2D eigenvalue weighted by Crippen LogP contribution is 2.32. The first-order valence-corrected chi connectivity index (χ1v) is 6.10. The van der Waals surface area contributed by atoms with Crippen molar-refractivity contribution in [1.82, 2.24) is 4.90 Å². The first-order chi connectivity index (χ1) is 8.62. The molecule has 0 radical (unpaired) electrons. The van der Waals surface area contributed by atoms with Crippen molar-refractivity contribution in [1.29, 1.82) is 0 Å². The van der Waals surface area contributed by atoms with Crippen LogP contribution in [-0.2, 0) is 4.79 Å². The van der Waals surface area contributed by atoms with Crippen LogP contribution >= 0.6 is 0 Å². The fourth-order valence-electron chi connectivity index (χ4n) is 2.14. The molecule has 106 valence electrons. The van der Waals surface area contributed by atoms with Crippen LogP contribution < -0.4 is 0 Å². The first kappa shape index (κ1) is 15.4. The Bertz CT molecular complexity index is 468. The van der Waals surface area contributed by atoms with Crippen molar-refractivity contribution in [2.24, 2.45) is 0 Å². The molecule has 4 nitrogen and oxygen atoms in total. The van der Waals surface area contributed by atoms with E-state index in [1.807, 2.05) is 20.8 Å². The lowest BCUT2D eigenvalue weighted by Gasteiger charge is -2.39. The largest absolute Gasteiger partial charge is 0.508 e. The predicted molar refractivity (Wildman–Crippen MR) is 70.6 cm³/mol. The van der Waals surface area contributed by atoms with Gasteiger partial charge in [0.25, 0.3) is 0 Å². The average Bonchev–Trinajstić information content (AvgIpc) is 2.23. The van der Waals surface area contributed by atoms with Crippen molar-refractivity contribution < 1.29 is 19.4 Å². The number of nitrogens with zero attached hydrogens (tertiary/aromatic N) is 1. The van der Waals surface area contributed by atoms with Crippen molar-refractivity contribution >= 4 is 5.97 Å². The topological polar surface area (TPSA) is 60.8 Å². The average molecular weight is 269 g/mol. The zero-order valence-corrected chi connectivity index (χ0v) is 11.6. The van der Waals surface area contributed by atoms with Crippen molar-refractivity contribution in [3.8, 4) is 5.75 Å². The molecule has 1 atom stereocenters. The van der Waals surface area contributed by atoms with E-state index in [9.17, 15) is 14.3 Å². The Morgan fingerprint density at radius 2 is 2.00 bits per heavy atom. The Kier molecular flexibility index (Phi) is 4.52. The van der Waals surface area contributed by atoms with Gasteiger partial charge in [-0.1, -0.05) is 6.07 Å². The first-order valence-electron chi connectivity index (χ1n) is 6.10. The maximum atomic E-state index is 13.0. The van der Waals surface area contributed by atoms with E-state index in [0.29, 0.717) is 5.56 Å². The molecular formula is C14H20FNO3. The highest BCUT2D eigenvalue weighted by atomic mass is 19.1. The van der Waals surface area contributed by atoms with Crippen LogP contribution in [0.4, 0.5) is 4.39 Å². The summed E-state index contributed by atoms with van der Waals surface area (Å²) in [6.07, 6.45) is 0. The molecule has 0 fully saturated rings. The van der Waals surface area contributed by atoms with Crippen LogP contribution in [0.15, 0.2) is 18.2 Å². The molecule has 0 saturated heterocycles. The Balaban J connectivity index is 3.11. The Morgan fingerprint density at radius 1 is 1.42 bits per heavy atom. The highest BCUT2D eigenvalue weighted by molar-refractivity contribution is 5.69. The van der Waals surface area contributed by atoms with E-state index in [0.717, 1.165) is 6.07 Å². The molecule has 19 heavy (non-hydrogen) atoms. The molecule has 0 bridgehead atoms. The third-order valence-electron chi connectivity index (χ3n) is 3.08. The summed E-state index contributed by atoms with van der Waals surface area (Å²) in [5, 5.41) is 18.8. The fourth-order valence-corrected chi connectivity index (χ4v) is 2.14. The smallest absolute Gasteiger partial charge is 0.317 e. The number of aromatic hydroxyl groups is 1. The zero-order chi connectivity index (χ0) is 14.8. The summed E-state index contributed by atoms with van der Waals surface area (Å²) in [7, 11) is 0. The van der Waals surface area contributed by atoms with E-state index in [1.54, 1.807) is 11.8 Å². The minimum atomic E-state index is -0.941. The lowest BCUT2D eigenvalue weighted by molar-refractivity contribution is -0.140. The second-order valence-corrected chi connectivity index (χ2v) is 5.57. The number of hydrogen-bond donors (Lipinski definition) is 2. The van der Waals surface area contributed by atoms with Gasteiger partial charge in [-0.3, -0.25) is 9.69 Å². The van der Waals surface area contributed by atoms with Crippen LogP contribution in [0.2, 0.25) is 0 Å². The minimum absolute atomic E-state index is 0.151. The van der Waals surface area contributed by atoms with Crippen molar-refractivity contribution in [2.75, 3.05) is 6.54 Å². The number of carboxylic acids is 1. The summed E-state index contributed by atoms with van der Waals surface area (Å²) in [6, 6.07) is 3.44. The van der Waals surface area contributed by atoms with Gasteiger partial charge in [0, 0.05) is 23.2 Å². The molecule has 1 rings (SSSR count). The molecule has 0 aliphatic rings. The van der Waals surface area contributed by atoms with Gasteiger partial charge in [-0.2, -0.15) is 0 Å². The summed E-state index contributed by atoms with van der Waals surface area (Å²) in [6.45, 7) is 7.33. The highest BCUT2D eigenvalue weighted by Gasteiger charge is 2.30. The minimum Gasteiger partial charge on any atom is -0.508 e. The van der Waals surface area contributed by atoms with Crippen LogP contribution in [0.1, 0.15) is 39.3 Å². The van der Waals surface area contributed by atoms with Gasteiger partial charge in [-0.25, -0.2) is 4.39 Å². The van der Waals surface area contributed by atoms with Crippen LogP contribution in [0.25, 0.3) is 0 Å². The molecule has 0 aromatic heterocycles. The van der Waals surface area contributed by atoms with Crippen LogP contribution in [0.3, 0.4) is 0 Å². The number of carboxylic acid groups (broad SMARTS) is 1. The molecule has 0 heterocycles. The van der Waals surface area contributed by atoms with E-state index in [-0.39, 0.29) is 18.3 Å².